The molecule has 3 fully saturated rings. The van der Waals surface area contributed by atoms with Crippen LogP contribution >= 0.6 is 0 Å². The third-order valence-corrected chi connectivity index (χ3v) is 5.99. The quantitative estimate of drug-likeness (QED) is 0.568. The molecule has 3 aliphatic carbocycles. The van der Waals surface area contributed by atoms with Gasteiger partial charge in [-0.25, -0.2) is 0 Å². The second-order valence-corrected chi connectivity index (χ2v) is 7.00. The van der Waals surface area contributed by atoms with E-state index in [0.717, 1.165) is 17.9 Å². The summed E-state index contributed by atoms with van der Waals surface area (Å²) in [5.41, 5.74) is 1.57. The van der Waals surface area contributed by atoms with Crippen molar-refractivity contribution < 1.29 is 4.79 Å². The molecule has 16 heavy (non-hydrogen) atoms. The van der Waals surface area contributed by atoms with E-state index in [9.17, 15) is 4.79 Å². The van der Waals surface area contributed by atoms with E-state index in [-0.39, 0.29) is 5.41 Å². The Morgan fingerprint density at radius 3 is 2.56 bits per heavy atom. The van der Waals surface area contributed by atoms with Crippen molar-refractivity contribution in [2.24, 2.45) is 28.6 Å². The maximum atomic E-state index is 12.0. The average Bonchev–Trinajstić information content (AvgIpc) is 2.51. The molecule has 88 valence electrons. The van der Waals surface area contributed by atoms with E-state index in [2.05, 4.69) is 27.4 Å². The highest BCUT2D eigenvalue weighted by atomic mass is 16.1. The van der Waals surface area contributed by atoms with Crippen molar-refractivity contribution in [3.05, 3.63) is 12.2 Å². The number of carbonyl (C=O) groups is 1. The molecule has 4 atom stereocenters. The molecule has 0 heterocycles. The van der Waals surface area contributed by atoms with Gasteiger partial charge < -0.3 is 0 Å². The van der Waals surface area contributed by atoms with Gasteiger partial charge in [0.25, 0.3) is 0 Å². The molecule has 3 saturated carbocycles. The predicted octanol–water partition coefficient (Wildman–Crippen LogP) is 3.59. The molecule has 3 aliphatic rings. The molecule has 0 N–H and O–H groups in total. The van der Waals surface area contributed by atoms with Gasteiger partial charge in [0, 0.05) is 11.8 Å². The second kappa shape index (κ2) is 2.80. The van der Waals surface area contributed by atoms with E-state index in [1.165, 1.54) is 19.3 Å². The predicted molar refractivity (Wildman–Crippen MR) is 65.0 cm³/mol. The second-order valence-electron chi connectivity index (χ2n) is 7.00. The van der Waals surface area contributed by atoms with Gasteiger partial charge in [0.1, 0.15) is 0 Å². The molecule has 0 aromatic heterocycles. The minimum absolute atomic E-state index is 0.184. The Morgan fingerprint density at radius 2 is 1.94 bits per heavy atom. The number of hydrogen-bond donors (Lipinski definition) is 0. The molecule has 1 heteroatoms. The zero-order chi connectivity index (χ0) is 11.7. The van der Waals surface area contributed by atoms with E-state index < -0.39 is 0 Å². The minimum atomic E-state index is 0.184. The highest BCUT2D eigenvalue weighted by Crippen LogP contribution is 2.71. The van der Waals surface area contributed by atoms with Gasteiger partial charge in [-0.3, -0.25) is 4.79 Å². The lowest BCUT2D eigenvalue weighted by molar-refractivity contribution is -0.115. The summed E-state index contributed by atoms with van der Waals surface area (Å²) in [6, 6.07) is 0. The third kappa shape index (κ3) is 0.959. The molecule has 4 unspecified atom stereocenters. The molecule has 0 radical (unpaired) electrons. The smallest absolute Gasteiger partial charge is 0.159 e. The first-order valence-electron chi connectivity index (χ1n) is 6.62. The van der Waals surface area contributed by atoms with Crippen LogP contribution in [0.15, 0.2) is 12.2 Å². The van der Waals surface area contributed by atoms with Crippen LogP contribution in [-0.2, 0) is 4.79 Å². The highest BCUT2D eigenvalue weighted by Gasteiger charge is 2.66. The lowest BCUT2D eigenvalue weighted by Crippen LogP contribution is -2.35. The van der Waals surface area contributed by atoms with Gasteiger partial charge in [0.15, 0.2) is 5.78 Å². The summed E-state index contributed by atoms with van der Waals surface area (Å²) in [5.74, 6) is 2.40. The number of rotatable bonds is 0. The Balaban J connectivity index is 2.14. The molecule has 3 rings (SSSR count). The maximum absolute atomic E-state index is 12.0. The van der Waals surface area contributed by atoms with Crippen molar-refractivity contribution >= 4 is 5.78 Å². The Kier molecular flexibility index (Phi) is 1.85. The molecule has 0 aromatic carbocycles. The van der Waals surface area contributed by atoms with E-state index in [1.54, 1.807) is 0 Å². The zero-order valence-corrected chi connectivity index (χ0v) is 10.7. The van der Waals surface area contributed by atoms with Crippen molar-refractivity contribution in [3.8, 4) is 0 Å². The van der Waals surface area contributed by atoms with Crippen LogP contribution < -0.4 is 0 Å². The van der Waals surface area contributed by atoms with Gasteiger partial charge in [-0.1, -0.05) is 27.4 Å². The van der Waals surface area contributed by atoms with Crippen LogP contribution in [-0.4, -0.2) is 5.78 Å². The average molecular weight is 218 g/mol. The Bertz CT molecular complexity index is 379. The van der Waals surface area contributed by atoms with E-state index in [4.69, 9.17) is 0 Å². The summed E-state index contributed by atoms with van der Waals surface area (Å²) in [5, 5.41) is 0. The minimum Gasteiger partial charge on any atom is -0.295 e. The van der Waals surface area contributed by atoms with Crippen LogP contribution in [0.3, 0.4) is 0 Å². The number of ketones is 1. The maximum Gasteiger partial charge on any atom is 0.159 e. The van der Waals surface area contributed by atoms with Gasteiger partial charge in [-0.2, -0.15) is 0 Å². The lowest BCUT2D eigenvalue weighted by Gasteiger charge is -2.41. The van der Waals surface area contributed by atoms with Gasteiger partial charge in [-0.15, -0.1) is 0 Å². The molecular weight excluding hydrogens is 196 g/mol. The van der Waals surface area contributed by atoms with Crippen LogP contribution in [0.5, 0.6) is 0 Å². The Hall–Kier alpha value is -0.590. The van der Waals surface area contributed by atoms with Gasteiger partial charge in [-0.05, 0) is 48.0 Å². The molecular formula is C15H22O. The standard InChI is InChI=1S/C15H22O/c1-9-5-6-11-12-7-13(16)10(2)15(9,12)8-14(11,3)4/h9,11-12H,2,5-8H2,1,3-4H3. The number of carbonyl (C=O) groups excluding carboxylic acids is 1. The number of Topliss-reactive ketones (excluding diaryl/α,β-unsaturated/α-hetero) is 1. The van der Waals surface area contributed by atoms with Crippen LogP contribution in [0.1, 0.15) is 46.5 Å². The van der Waals surface area contributed by atoms with Crippen LogP contribution in [0.4, 0.5) is 0 Å². The summed E-state index contributed by atoms with van der Waals surface area (Å²) < 4.78 is 0. The molecule has 0 aliphatic heterocycles. The fraction of sp³-hybridized carbons (Fsp3) is 0.800. The number of allylic oxidation sites excluding steroid dienone is 1. The summed E-state index contributed by atoms with van der Waals surface area (Å²) in [4.78, 5) is 12.0. The number of hydrogen-bond acceptors (Lipinski definition) is 1. The van der Waals surface area contributed by atoms with Crippen molar-refractivity contribution in [3.63, 3.8) is 0 Å². The largest absolute Gasteiger partial charge is 0.295 e. The summed E-state index contributed by atoms with van der Waals surface area (Å²) >= 11 is 0. The lowest BCUT2D eigenvalue weighted by atomic mass is 9.62. The highest BCUT2D eigenvalue weighted by molar-refractivity contribution is 5.99. The molecule has 0 spiro atoms. The molecule has 0 aromatic rings. The van der Waals surface area contributed by atoms with Crippen molar-refractivity contribution in [1.29, 1.82) is 0 Å². The zero-order valence-electron chi connectivity index (χ0n) is 10.7. The fourth-order valence-electron chi connectivity index (χ4n) is 5.27. The summed E-state index contributed by atoms with van der Waals surface area (Å²) in [6.45, 7) is 11.3. The first kappa shape index (κ1) is 10.6. The van der Waals surface area contributed by atoms with Crippen molar-refractivity contribution in [1.82, 2.24) is 0 Å². The van der Waals surface area contributed by atoms with E-state index in [1.807, 2.05) is 0 Å². The summed E-state index contributed by atoms with van der Waals surface area (Å²) in [7, 11) is 0. The fourth-order valence-corrected chi connectivity index (χ4v) is 5.27. The third-order valence-electron chi connectivity index (χ3n) is 5.99. The van der Waals surface area contributed by atoms with E-state index in [0.29, 0.717) is 23.0 Å². The van der Waals surface area contributed by atoms with Gasteiger partial charge >= 0.3 is 0 Å². The van der Waals surface area contributed by atoms with Crippen LogP contribution in [0.25, 0.3) is 0 Å². The Morgan fingerprint density at radius 1 is 1.25 bits per heavy atom. The topological polar surface area (TPSA) is 17.1 Å². The first-order valence-corrected chi connectivity index (χ1v) is 6.62. The van der Waals surface area contributed by atoms with Crippen LogP contribution in [0.2, 0.25) is 0 Å². The Labute approximate surface area is 98.3 Å². The molecule has 2 bridgehead atoms. The van der Waals surface area contributed by atoms with Crippen molar-refractivity contribution in [2.45, 2.75) is 46.5 Å². The SMILES string of the molecule is C=C1C(=O)CC2C3CCC(C)C12CC3(C)C. The molecule has 0 saturated heterocycles. The van der Waals surface area contributed by atoms with Crippen molar-refractivity contribution in [2.75, 3.05) is 0 Å². The van der Waals surface area contributed by atoms with E-state index >= 15 is 0 Å². The first-order chi connectivity index (χ1) is 7.39. The molecule has 1 nitrogen and oxygen atoms in total. The molecule has 0 amide bonds. The van der Waals surface area contributed by atoms with Gasteiger partial charge in [0.2, 0.25) is 0 Å². The summed E-state index contributed by atoms with van der Waals surface area (Å²) in [6.07, 6.45) is 4.59. The normalized spacial score (nSPS) is 49.6. The monoisotopic (exact) mass is 218 g/mol. The van der Waals surface area contributed by atoms with Crippen LogP contribution in [0, 0.1) is 28.6 Å². The van der Waals surface area contributed by atoms with Gasteiger partial charge in [0.05, 0.1) is 0 Å².